The number of hydrogen-bond donors (Lipinski definition) is 1. The summed E-state index contributed by atoms with van der Waals surface area (Å²) in [6.45, 7) is 2.73. The first kappa shape index (κ1) is 28.4. The number of carbonyl (C=O) groups is 2. The van der Waals surface area contributed by atoms with Crippen molar-refractivity contribution in [3.63, 3.8) is 0 Å². The van der Waals surface area contributed by atoms with E-state index in [1.165, 1.54) is 38.5 Å². The Morgan fingerprint density at radius 3 is 2.00 bits per heavy atom. The van der Waals surface area contributed by atoms with Gasteiger partial charge < -0.3 is 14.3 Å². The third-order valence-electron chi connectivity index (χ3n) is 4.78. The lowest BCUT2D eigenvalue weighted by molar-refractivity contribution is -0.873. The molecule has 5 nitrogen and oxygen atoms in total. The van der Waals surface area contributed by atoms with Crippen molar-refractivity contribution in [2.75, 3.05) is 27.7 Å². The van der Waals surface area contributed by atoms with Gasteiger partial charge in [-0.05, 0) is 38.5 Å². The van der Waals surface area contributed by atoms with E-state index in [1.807, 2.05) is 21.1 Å². The van der Waals surface area contributed by atoms with Gasteiger partial charge in [-0.25, -0.2) is 0 Å². The van der Waals surface area contributed by atoms with Crippen molar-refractivity contribution < 1.29 is 23.9 Å². The highest BCUT2D eigenvalue weighted by molar-refractivity contribution is 5.71. The van der Waals surface area contributed by atoms with Crippen LogP contribution in [-0.4, -0.2) is 55.3 Å². The van der Waals surface area contributed by atoms with Gasteiger partial charge in [0.15, 0.2) is 6.10 Å². The van der Waals surface area contributed by atoms with Gasteiger partial charge in [-0.3, -0.25) is 9.59 Å². The van der Waals surface area contributed by atoms with E-state index in [-0.39, 0.29) is 12.4 Å². The van der Waals surface area contributed by atoms with Crippen LogP contribution in [0.15, 0.2) is 24.3 Å². The largest absolute Gasteiger partial charge is 0.481 e. The number of aliphatic carboxylic acids is 1. The van der Waals surface area contributed by atoms with Crippen molar-refractivity contribution in [1.82, 2.24) is 0 Å². The molecule has 0 saturated carbocycles. The Hall–Kier alpha value is -1.62. The minimum Gasteiger partial charge on any atom is -0.481 e. The molecule has 0 aromatic rings. The van der Waals surface area contributed by atoms with E-state index in [1.54, 1.807) is 0 Å². The Bertz CT molecular complexity index is 506. The quantitative estimate of drug-likeness (QED) is 0.121. The smallest absolute Gasteiger partial charge is 0.307 e. The van der Waals surface area contributed by atoms with Crippen LogP contribution in [0.25, 0.3) is 0 Å². The third kappa shape index (κ3) is 21.1. The zero-order valence-corrected chi connectivity index (χ0v) is 19.9. The first-order chi connectivity index (χ1) is 14.2. The zero-order valence-electron chi connectivity index (χ0n) is 19.9. The molecular weight excluding hydrogens is 378 g/mol. The molecule has 0 heterocycles. The van der Waals surface area contributed by atoms with Crippen molar-refractivity contribution in [2.24, 2.45) is 0 Å². The van der Waals surface area contributed by atoms with Gasteiger partial charge in [0.25, 0.3) is 0 Å². The molecule has 0 spiro atoms. The first-order valence-electron chi connectivity index (χ1n) is 11.8. The predicted molar refractivity (Wildman–Crippen MR) is 124 cm³/mol. The Labute approximate surface area is 184 Å². The summed E-state index contributed by atoms with van der Waals surface area (Å²) in [4.78, 5) is 23.0. The monoisotopic (exact) mass is 424 g/mol. The number of hydrogen-bond acceptors (Lipinski definition) is 3. The number of rotatable bonds is 19. The normalized spacial score (nSPS) is 13.2. The fourth-order valence-electron chi connectivity index (χ4n) is 3.27. The van der Waals surface area contributed by atoms with Crippen LogP contribution in [0.4, 0.5) is 0 Å². The molecule has 0 saturated heterocycles. The summed E-state index contributed by atoms with van der Waals surface area (Å²) in [5.74, 6) is -1.21. The molecule has 0 bridgehead atoms. The lowest BCUT2D eigenvalue weighted by Gasteiger charge is -2.28. The highest BCUT2D eigenvalue weighted by atomic mass is 16.5. The average Bonchev–Trinajstić information content (AvgIpc) is 2.63. The molecule has 0 aromatic carbocycles. The standard InChI is InChI=1S/C25H45NO4/c1-5-6-7-8-9-10-11-12-13-14-15-16-17-18-19-20-25(29)30-23(21-24(27)28)22-26(2,3)4/h9-10,12-13,23H,5-8,11,14-22H2,1-4H3/p+1/b10-9-,13-12-/t23-/m1/s1. The maximum Gasteiger partial charge on any atom is 0.307 e. The highest BCUT2D eigenvalue weighted by Gasteiger charge is 2.24. The van der Waals surface area contributed by atoms with Crippen LogP contribution < -0.4 is 0 Å². The number of allylic oxidation sites excluding steroid dienone is 4. The van der Waals surface area contributed by atoms with Crippen LogP contribution in [0.2, 0.25) is 0 Å². The molecule has 0 aliphatic rings. The van der Waals surface area contributed by atoms with Crippen molar-refractivity contribution in [3.8, 4) is 0 Å². The molecule has 1 atom stereocenters. The molecule has 0 amide bonds. The van der Waals surface area contributed by atoms with E-state index in [4.69, 9.17) is 9.84 Å². The van der Waals surface area contributed by atoms with Crippen LogP contribution in [-0.2, 0) is 14.3 Å². The van der Waals surface area contributed by atoms with E-state index in [2.05, 4.69) is 31.2 Å². The van der Waals surface area contributed by atoms with Crippen LogP contribution in [0.5, 0.6) is 0 Å². The van der Waals surface area contributed by atoms with Gasteiger partial charge in [0.05, 0.1) is 27.6 Å². The van der Waals surface area contributed by atoms with E-state index in [0.29, 0.717) is 17.4 Å². The van der Waals surface area contributed by atoms with Gasteiger partial charge in [-0.1, -0.05) is 63.3 Å². The number of carboxylic acid groups (broad SMARTS) is 1. The van der Waals surface area contributed by atoms with Gasteiger partial charge in [0, 0.05) is 6.42 Å². The van der Waals surface area contributed by atoms with E-state index in [9.17, 15) is 9.59 Å². The van der Waals surface area contributed by atoms with Crippen LogP contribution in [0.1, 0.15) is 90.4 Å². The number of nitrogens with zero attached hydrogens (tertiary/aromatic N) is 1. The molecule has 174 valence electrons. The van der Waals surface area contributed by atoms with Gasteiger partial charge in [-0.2, -0.15) is 0 Å². The molecule has 0 fully saturated rings. The van der Waals surface area contributed by atoms with Crippen LogP contribution in [0.3, 0.4) is 0 Å². The maximum atomic E-state index is 12.0. The lowest BCUT2D eigenvalue weighted by Crippen LogP contribution is -2.43. The molecule has 0 unspecified atom stereocenters. The van der Waals surface area contributed by atoms with Crippen molar-refractivity contribution >= 4 is 11.9 Å². The molecule has 0 aliphatic carbocycles. The zero-order chi connectivity index (χ0) is 22.7. The lowest BCUT2D eigenvalue weighted by atomic mass is 10.1. The van der Waals surface area contributed by atoms with E-state index < -0.39 is 12.1 Å². The van der Waals surface area contributed by atoms with Crippen LogP contribution in [0, 0.1) is 0 Å². The number of carbonyl (C=O) groups excluding carboxylic acids is 1. The van der Waals surface area contributed by atoms with Crippen molar-refractivity contribution in [3.05, 3.63) is 24.3 Å². The second-order valence-electron chi connectivity index (χ2n) is 9.16. The summed E-state index contributed by atoms with van der Waals surface area (Å²) in [5, 5.41) is 9.00. The summed E-state index contributed by atoms with van der Waals surface area (Å²) < 4.78 is 5.97. The second-order valence-corrected chi connectivity index (χ2v) is 9.16. The summed E-state index contributed by atoms with van der Waals surface area (Å²) in [6, 6.07) is 0. The molecule has 0 rings (SSSR count). The first-order valence-corrected chi connectivity index (χ1v) is 11.8. The Morgan fingerprint density at radius 2 is 1.43 bits per heavy atom. The van der Waals surface area contributed by atoms with Crippen molar-refractivity contribution in [1.29, 1.82) is 0 Å². The topological polar surface area (TPSA) is 63.6 Å². The molecular formula is C25H46NO4+. The number of unbranched alkanes of at least 4 members (excludes halogenated alkanes) is 8. The molecule has 0 radical (unpaired) electrons. The third-order valence-corrected chi connectivity index (χ3v) is 4.78. The number of carboxylic acids is 1. The predicted octanol–water partition coefficient (Wildman–Crippen LogP) is 5.89. The molecule has 5 heteroatoms. The number of quaternary nitrogens is 1. The van der Waals surface area contributed by atoms with E-state index in [0.717, 1.165) is 32.1 Å². The maximum absolute atomic E-state index is 12.0. The molecule has 30 heavy (non-hydrogen) atoms. The minimum absolute atomic E-state index is 0.135. The minimum atomic E-state index is -0.932. The summed E-state index contributed by atoms with van der Waals surface area (Å²) in [5.41, 5.74) is 0. The molecule has 1 N–H and O–H groups in total. The van der Waals surface area contributed by atoms with Crippen molar-refractivity contribution in [2.45, 2.75) is 96.5 Å². The van der Waals surface area contributed by atoms with Crippen LogP contribution >= 0.6 is 0 Å². The van der Waals surface area contributed by atoms with Gasteiger partial charge in [-0.15, -0.1) is 0 Å². The fourth-order valence-corrected chi connectivity index (χ4v) is 3.27. The molecule has 0 aliphatic heterocycles. The fraction of sp³-hybridized carbons (Fsp3) is 0.760. The number of ether oxygens (including phenoxy) is 1. The highest BCUT2D eigenvalue weighted by Crippen LogP contribution is 2.11. The molecule has 0 aromatic heterocycles. The SMILES string of the molecule is CCCCC/C=C\C/C=C\CCCCCCCC(=O)O[C@H](CC(=O)O)C[N+](C)(C)C. The van der Waals surface area contributed by atoms with E-state index >= 15 is 0 Å². The summed E-state index contributed by atoms with van der Waals surface area (Å²) >= 11 is 0. The Kier molecular flexibility index (Phi) is 17.2. The van der Waals surface area contributed by atoms with Gasteiger partial charge in [0.2, 0.25) is 0 Å². The van der Waals surface area contributed by atoms with Gasteiger partial charge >= 0.3 is 11.9 Å². The Balaban J connectivity index is 3.71. The summed E-state index contributed by atoms with van der Waals surface area (Å²) in [7, 11) is 5.88. The average molecular weight is 425 g/mol. The van der Waals surface area contributed by atoms with Gasteiger partial charge in [0.1, 0.15) is 6.54 Å². The summed E-state index contributed by atoms with van der Waals surface area (Å²) in [6.07, 6.45) is 21.3. The second kappa shape index (κ2) is 18.2. The number of likely N-dealkylation sites (N-methyl/N-ethyl adjacent to an activating group) is 1. The Morgan fingerprint density at radius 1 is 0.867 bits per heavy atom. The number of esters is 1.